The third-order valence-corrected chi connectivity index (χ3v) is 4.58. The van der Waals surface area contributed by atoms with Gasteiger partial charge in [0.05, 0.1) is 13.1 Å². The lowest BCUT2D eigenvalue weighted by molar-refractivity contribution is -0.165. The fourth-order valence-corrected chi connectivity index (χ4v) is 2.94. The van der Waals surface area contributed by atoms with Crippen molar-refractivity contribution in [1.82, 2.24) is 4.90 Å². The zero-order valence-corrected chi connectivity index (χ0v) is 13.0. The molecule has 1 heterocycles. The van der Waals surface area contributed by atoms with Crippen LogP contribution in [0, 0.1) is 5.92 Å². The molecule has 1 aromatic rings. The quantitative estimate of drug-likeness (QED) is 0.914. The van der Waals surface area contributed by atoms with Crippen LogP contribution in [0.4, 0.5) is 0 Å². The number of nitrogens with zero attached hydrogens (tertiary/aromatic N) is 1. The molecule has 1 unspecified atom stereocenters. The number of carbonyl (C=O) groups excluding carboxylic acids is 1. The molecule has 1 amide bonds. The van der Waals surface area contributed by atoms with Crippen molar-refractivity contribution in [3.63, 3.8) is 0 Å². The van der Waals surface area contributed by atoms with E-state index in [-0.39, 0.29) is 5.91 Å². The van der Waals surface area contributed by atoms with Crippen LogP contribution in [0.3, 0.4) is 0 Å². The van der Waals surface area contributed by atoms with E-state index in [1.807, 2.05) is 24.3 Å². The Labute approximate surface area is 126 Å². The van der Waals surface area contributed by atoms with Crippen LogP contribution in [0.5, 0.6) is 5.75 Å². The Bertz CT molecular complexity index is 506. The molecule has 3 rings (SSSR count). The van der Waals surface area contributed by atoms with Gasteiger partial charge in [-0.3, -0.25) is 4.79 Å². The van der Waals surface area contributed by atoms with Gasteiger partial charge in [-0.05, 0) is 49.9 Å². The van der Waals surface area contributed by atoms with E-state index < -0.39 is 11.7 Å². The number of likely N-dealkylation sites (tertiary alicyclic amines) is 1. The van der Waals surface area contributed by atoms with E-state index in [0.717, 1.165) is 17.3 Å². The molecule has 1 aliphatic heterocycles. The van der Waals surface area contributed by atoms with Crippen LogP contribution in [0.15, 0.2) is 28.7 Å². The van der Waals surface area contributed by atoms with Gasteiger partial charge < -0.3 is 14.7 Å². The van der Waals surface area contributed by atoms with E-state index in [1.54, 1.807) is 11.8 Å². The van der Waals surface area contributed by atoms with Crippen LogP contribution in [-0.4, -0.2) is 40.7 Å². The molecule has 108 valence electrons. The zero-order valence-electron chi connectivity index (χ0n) is 11.4. The summed E-state index contributed by atoms with van der Waals surface area (Å²) in [6.45, 7) is 2.65. The number of halogens is 1. The first kappa shape index (κ1) is 13.9. The molecule has 1 saturated heterocycles. The molecule has 1 N–H and O–H groups in total. The predicted molar refractivity (Wildman–Crippen MR) is 78.5 cm³/mol. The Kier molecular flexibility index (Phi) is 3.50. The Morgan fingerprint density at radius 1 is 1.40 bits per heavy atom. The Morgan fingerprint density at radius 2 is 2.00 bits per heavy atom. The lowest BCUT2D eigenvalue weighted by Gasteiger charge is -2.47. The van der Waals surface area contributed by atoms with Crippen LogP contribution in [0.1, 0.15) is 19.8 Å². The molecule has 1 atom stereocenters. The van der Waals surface area contributed by atoms with Crippen molar-refractivity contribution >= 4 is 21.8 Å². The monoisotopic (exact) mass is 339 g/mol. The summed E-state index contributed by atoms with van der Waals surface area (Å²) in [5.74, 6) is 1.01. The molecule has 2 fully saturated rings. The second kappa shape index (κ2) is 5.04. The van der Waals surface area contributed by atoms with Crippen molar-refractivity contribution in [3.8, 4) is 5.75 Å². The molecular weight excluding hydrogens is 322 g/mol. The van der Waals surface area contributed by atoms with Crippen molar-refractivity contribution in [2.24, 2.45) is 5.92 Å². The van der Waals surface area contributed by atoms with Crippen molar-refractivity contribution in [1.29, 1.82) is 0 Å². The molecule has 1 saturated carbocycles. The van der Waals surface area contributed by atoms with E-state index >= 15 is 0 Å². The second-order valence-corrected chi connectivity index (χ2v) is 6.70. The van der Waals surface area contributed by atoms with Crippen LogP contribution >= 0.6 is 15.9 Å². The summed E-state index contributed by atoms with van der Waals surface area (Å²) < 4.78 is 6.61. The van der Waals surface area contributed by atoms with E-state index in [2.05, 4.69) is 15.9 Å². The fourth-order valence-electron chi connectivity index (χ4n) is 2.67. The summed E-state index contributed by atoms with van der Waals surface area (Å²) in [7, 11) is 0. The van der Waals surface area contributed by atoms with Gasteiger partial charge in [0.15, 0.2) is 6.10 Å². The van der Waals surface area contributed by atoms with E-state index in [1.165, 1.54) is 0 Å². The average Bonchev–Trinajstić information content (AvgIpc) is 3.21. The van der Waals surface area contributed by atoms with Gasteiger partial charge in [-0.2, -0.15) is 0 Å². The molecule has 2 aliphatic rings. The van der Waals surface area contributed by atoms with Gasteiger partial charge in [0.2, 0.25) is 0 Å². The highest BCUT2D eigenvalue weighted by Crippen LogP contribution is 2.44. The highest BCUT2D eigenvalue weighted by atomic mass is 79.9. The molecule has 0 radical (unpaired) electrons. The van der Waals surface area contributed by atoms with Gasteiger partial charge in [-0.15, -0.1) is 0 Å². The number of amides is 1. The predicted octanol–water partition coefficient (Wildman–Crippen LogP) is 2.20. The molecule has 0 aromatic heterocycles. The SMILES string of the molecule is CC(Oc1ccc(Br)cc1)C(=O)N1CC(O)(C2CC2)C1. The number of hydrogen-bond donors (Lipinski definition) is 1. The minimum atomic E-state index is -0.632. The van der Waals surface area contributed by atoms with Crippen molar-refractivity contribution in [2.75, 3.05) is 13.1 Å². The number of carbonyl (C=O) groups is 1. The number of β-amino-alcohol motifs (C(OH)–C–C–N with tert-alkyl or cyclic N) is 1. The van der Waals surface area contributed by atoms with Crippen LogP contribution in [0.25, 0.3) is 0 Å². The Balaban J connectivity index is 1.54. The summed E-state index contributed by atoms with van der Waals surface area (Å²) in [5.41, 5.74) is -0.632. The molecule has 20 heavy (non-hydrogen) atoms. The average molecular weight is 340 g/mol. The first-order chi connectivity index (χ1) is 9.48. The van der Waals surface area contributed by atoms with E-state index in [0.29, 0.717) is 24.8 Å². The van der Waals surface area contributed by atoms with E-state index in [9.17, 15) is 9.90 Å². The van der Waals surface area contributed by atoms with Crippen molar-refractivity contribution < 1.29 is 14.6 Å². The van der Waals surface area contributed by atoms with Gasteiger partial charge in [0.1, 0.15) is 11.4 Å². The number of aliphatic hydroxyl groups is 1. The highest BCUT2D eigenvalue weighted by Gasteiger charge is 2.53. The summed E-state index contributed by atoms with van der Waals surface area (Å²) in [6.07, 6.45) is 1.65. The highest BCUT2D eigenvalue weighted by molar-refractivity contribution is 9.10. The van der Waals surface area contributed by atoms with E-state index in [4.69, 9.17) is 4.74 Å². The molecule has 0 spiro atoms. The number of rotatable bonds is 4. The molecule has 0 bridgehead atoms. The molecule has 1 aromatic carbocycles. The topological polar surface area (TPSA) is 49.8 Å². The summed E-state index contributed by atoms with van der Waals surface area (Å²) in [5, 5.41) is 10.2. The van der Waals surface area contributed by atoms with Gasteiger partial charge in [0, 0.05) is 4.47 Å². The molecule has 1 aliphatic carbocycles. The minimum Gasteiger partial charge on any atom is -0.481 e. The van der Waals surface area contributed by atoms with Crippen molar-refractivity contribution in [2.45, 2.75) is 31.5 Å². The lowest BCUT2D eigenvalue weighted by atomic mass is 9.88. The maximum Gasteiger partial charge on any atom is 0.263 e. The lowest BCUT2D eigenvalue weighted by Crippen LogP contribution is -2.66. The normalized spacial score (nSPS) is 22.1. The summed E-state index contributed by atoms with van der Waals surface area (Å²) in [4.78, 5) is 13.9. The zero-order chi connectivity index (χ0) is 14.3. The van der Waals surface area contributed by atoms with Gasteiger partial charge in [-0.25, -0.2) is 0 Å². The number of benzene rings is 1. The standard InChI is InChI=1S/C15H18BrNO3/c1-10(20-13-6-4-12(16)5-7-13)14(18)17-8-15(19,9-17)11-2-3-11/h4-7,10-11,19H,2-3,8-9H2,1H3. The molecule has 4 nitrogen and oxygen atoms in total. The summed E-state index contributed by atoms with van der Waals surface area (Å²) >= 11 is 3.36. The second-order valence-electron chi connectivity index (χ2n) is 5.79. The Morgan fingerprint density at radius 3 is 2.55 bits per heavy atom. The fraction of sp³-hybridized carbons (Fsp3) is 0.533. The smallest absolute Gasteiger partial charge is 0.263 e. The number of ether oxygens (including phenoxy) is 1. The third-order valence-electron chi connectivity index (χ3n) is 4.05. The number of hydrogen-bond acceptors (Lipinski definition) is 3. The maximum atomic E-state index is 12.2. The maximum absolute atomic E-state index is 12.2. The van der Waals surface area contributed by atoms with Crippen molar-refractivity contribution in [3.05, 3.63) is 28.7 Å². The largest absolute Gasteiger partial charge is 0.481 e. The summed E-state index contributed by atoms with van der Waals surface area (Å²) in [6, 6.07) is 7.40. The first-order valence-corrected chi connectivity index (χ1v) is 7.71. The van der Waals surface area contributed by atoms with Crippen LogP contribution in [0.2, 0.25) is 0 Å². The molecule has 5 heteroatoms. The third kappa shape index (κ3) is 2.69. The Hall–Kier alpha value is -1.07. The molecular formula is C15H18BrNO3. The van der Waals surface area contributed by atoms with Gasteiger partial charge >= 0.3 is 0 Å². The first-order valence-electron chi connectivity index (χ1n) is 6.91. The van der Waals surface area contributed by atoms with Gasteiger partial charge in [0.25, 0.3) is 5.91 Å². The minimum absolute atomic E-state index is 0.0572. The van der Waals surface area contributed by atoms with Gasteiger partial charge in [-0.1, -0.05) is 15.9 Å². The van der Waals surface area contributed by atoms with Crippen LogP contribution < -0.4 is 4.74 Å². The van der Waals surface area contributed by atoms with Crippen LogP contribution in [-0.2, 0) is 4.79 Å².